The Morgan fingerprint density at radius 3 is 2.16 bits per heavy atom. The molecule has 1 heterocycles. The Bertz CT molecular complexity index is 1490. The third kappa shape index (κ3) is 2.50. The molecule has 0 aromatic heterocycles. The van der Waals surface area contributed by atoms with Gasteiger partial charge in [0.25, 0.3) is 0 Å². The van der Waals surface area contributed by atoms with Crippen LogP contribution < -0.4 is 0 Å². The lowest BCUT2D eigenvalue weighted by atomic mass is 9.86. The zero-order chi connectivity index (χ0) is 20.4. The second-order valence-corrected chi connectivity index (χ2v) is 8.74. The van der Waals surface area contributed by atoms with Crippen molar-refractivity contribution in [3.05, 3.63) is 114 Å². The van der Waals surface area contributed by atoms with Crippen LogP contribution in [0.4, 0.5) is 0 Å². The summed E-state index contributed by atoms with van der Waals surface area (Å²) in [6, 6.07) is 24.5. The summed E-state index contributed by atoms with van der Waals surface area (Å²) in [7, 11) is 0. The molecule has 7 rings (SSSR count). The Balaban J connectivity index is 1.44. The van der Waals surface area contributed by atoms with Gasteiger partial charge in [-0.2, -0.15) is 0 Å². The van der Waals surface area contributed by atoms with Crippen molar-refractivity contribution in [2.75, 3.05) is 0 Å². The first-order chi connectivity index (χ1) is 15.4. The average molecular weight is 399 g/mol. The zero-order valence-electron chi connectivity index (χ0n) is 17.3. The maximum Gasteiger partial charge on any atom is 0.128 e. The molecule has 0 radical (unpaired) electrons. The third-order valence-corrected chi connectivity index (χ3v) is 7.03. The fourth-order valence-corrected chi connectivity index (χ4v) is 5.55. The molecule has 0 fully saturated rings. The smallest absolute Gasteiger partial charge is 0.128 e. The fraction of sp³-hybridized carbons (Fsp3) is 0.133. The number of fused-ring (bicyclic) bond motifs is 8. The number of ether oxygens (including phenoxy) is 1. The Morgan fingerprint density at radius 2 is 1.42 bits per heavy atom. The van der Waals surface area contributed by atoms with Gasteiger partial charge in [-0.05, 0) is 74.5 Å². The van der Waals surface area contributed by atoms with Gasteiger partial charge in [0.2, 0.25) is 0 Å². The van der Waals surface area contributed by atoms with Crippen LogP contribution in [0.3, 0.4) is 0 Å². The van der Waals surface area contributed by atoms with E-state index in [0.717, 1.165) is 25.0 Å². The molecular formula is C30H22O. The fourth-order valence-electron chi connectivity index (χ4n) is 5.55. The SMILES string of the molecule is C1=CC2=C(CC1)C1=CC(c3ccc4c5ccccc5c5ccccc5c4c3)=CCC1O2. The Labute approximate surface area is 181 Å². The normalized spacial score (nSPS) is 19.9. The van der Waals surface area contributed by atoms with Crippen LogP contribution >= 0.6 is 0 Å². The van der Waals surface area contributed by atoms with Crippen molar-refractivity contribution >= 4 is 37.9 Å². The molecule has 0 saturated carbocycles. The highest BCUT2D eigenvalue weighted by atomic mass is 16.5. The van der Waals surface area contributed by atoms with Gasteiger partial charge in [0.15, 0.2) is 0 Å². The summed E-state index contributed by atoms with van der Waals surface area (Å²) in [4.78, 5) is 0. The third-order valence-electron chi connectivity index (χ3n) is 7.03. The molecule has 2 aliphatic carbocycles. The molecule has 1 unspecified atom stereocenters. The predicted octanol–water partition coefficient (Wildman–Crippen LogP) is 7.86. The summed E-state index contributed by atoms with van der Waals surface area (Å²) >= 11 is 0. The van der Waals surface area contributed by atoms with Crippen molar-refractivity contribution in [3.8, 4) is 0 Å². The molecule has 1 heteroatoms. The van der Waals surface area contributed by atoms with Crippen molar-refractivity contribution in [1.82, 2.24) is 0 Å². The summed E-state index contributed by atoms with van der Waals surface area (Å²) in [6.07, 6.45) is 12.5. The Kier molecular flexibility index (Phi) is 3.57. The lowest BCUT2D eigenvalue weighted by molar-refractivity contribution is 0.178. The van der Waals surface area contributed by atoms with Gasteiger partial charge in [0.1, 0.15) is 11.9 Å². The van der Waals surface area contributed by atoms with Crippen LogP contribution in [-0.2, 0) is 4.74 Å². The van der Waals surface area contributed by atoms with Crippen molar-refractivity contribution in [2.45, 2.75) is 25.4 Å². The lowest BCUT2D eigenvalue weighted by Gasteiger charge is -2.19. The van der Waals surface area contributed by atoms with Crippen molar-refractivity contribution in [1.29, 1.82) is 0 Å². The lowest BCUT2D eigenvalue weighted by Crippen LogP contribution is -2.11. The number of hydrogen-bond donors (Lipinski definition) is 0. The molecule has 0 amide bonds. The Morgan fingerprint density at radius 1 is 0.742 bits per heavy atom. The average Bonchev–Trinajstić information content (AvgIpc) is 3.22. The quantitative estimate of drug-likeness (QED) is 0.297. The van der Waals surface area contributed by atoms with Gasteiger partial charge in [0, 0.05) is 17.6 Å². The number of rotatable bonds is 1. The van der Waals surface area contributed by atoms with Gasteiger partial charge in [-0.15, -0.1) is 0 Å². The Hall–Kier alpha value is -3.58. The van der Waals surface area contributed by atoms with E-state index in [9.17, 15) is 0 Å². The van der Waals surface area contributed by atoms with Crippen molar-refractivity contribution in [3.63, 3.8) is 0 Å². The van der Waals surface area contributed by atoms with Gasteiger partial charge >= 0.3 is 0 Å². The highest BCUT2D eigenvalue weighted by Crippen LogP contribution is 2.43. The molecular weight excluding hydrogens is 376 g/mol. The van der Waals surface area contributed by atoms with E-state index in [1.165, 1.54) is 54.6 Å². The second-order valence-electron chi connectivity index (χ2n) is 8.74. The van der Waals surface area contributed by atoms with Crippen LogP contribution in [0, 0.1) is 0 Å². The van der Waals surface area contributed by atoms with Gasteiger partial charge in [-0.3, -0.25) is 0 Å². The van der Waals surface area contributed by atoms with E-state index < -0.39 is 0 Å². The van der Waals surface area contributed by atoms with E-state index in [1.807, 2.05) is 0 Å². The van der Waals surface area contributed by atoms with Gasteiger partial charge in [-0.25, -0.2) is 0 Å². The first kappa shape index (κ1) is 17.1. The van der Waals surface area contributed by atoms with Crippen LogP contribution in [0.2, 0.25) is 0 Å². The van der Waals surface area contributed by atoms with E-state index in [2.05, 4.69) is 91.0 Å². The molecule has 0 N–H and O–H groups in total. The van der Waals surface area contributed by atoms with Crippen LogP contribution in [0.1, 0.15) is 24.8 Å². The second kappa shape index (κ2) is 6.46. The van der Waals surface area contributed by atoms with Crippen molar-refractivity contribution < 1.29 is 4.74 Å². The molecule has 4 aromatic rings. The van der Waals surface area contributed by atoms with E-state index in [-0.39, 0.29) is 6.10 Å². The molecule has 0 saturated heterocycles. The largest absolute Gasteiger partial charge is 0.485 e. The summed E-state index contributed by atoms with van der Waals surface area (Å²) in [5, 5.41) is 7.96. The van der Waals surface area contributed by atoms with Crippen molar-refractivity contribution in [2.24, 2.45) is 0 Å². The van der Waals surface area contributed by atoms with Gasteiger partial charge in [-0.1, -0.05) is 72.8 Å². The molecule has 148 valence electrons. The maximum atomic E-state index is 6.21. The number of benzene rings is 4. The molecule has 1 nitrogen and oxygen atoms in total. The molecule has 3 aliphatic rings. The topological polar surface area (TPSA) is 9.23 Å². The predicted molar refractivity (Wildman–Crippen MR) is 130 cm³/mol. The first-order valence-electron chi connectivity index (χ1n) is 11.2. The molecule has 1 aliphatic heterocycles. The van der Waals surface area contributed by atoms with Gasteiger partial charge < -0.3 is 4.74 Å². The van der Waals surface area contributed by atoms with Gasteiger partial charge in [0.05, 0.1) is 0 Å². The molecule has 31 heavy (non-hydrogen) atoms. The van der Waals surface area contributed by atoms with E-state index in [1.54, 1.807) is 0 Å². The standard InChI is InChI=1S/C30H22O/c1-2-9-23-21(7-1)22-8-3-4-10-24(22)27-17-19(13-15-25(23)27)20-14-16-30-28(18-20)26-11-5-6-12-29(26)31-30/h1-4,6-10,12-15,17-18,30H,5,11,16H2. The minimum atomic E-state index is 0.196. The minimum Gasteiger partial charge on any atom is -0.485 e. The number of hydrogen-bond acceptors (Lipinski definition) is 1. The van der Waals surface area contributed by atoms with Crippen LogP contribution in [0.15, 0.2) is 108 Å². The van der Waals surface area contributed by atoms with Crippen LogP contribution in [-0.4, -0.2) is 6.10 Å². The van der Waals surface area contributed by atoms with Crippen LogP contribution in [0.5, 0.6) is 0 Å². The monoisotopic (exact) mass is 398 g/mol. The molecule has 0 spiro atoms. The summed E-state index contributed by atoms with van der Waals surface area (Å²) in [5.41, 5.74) is 5.41. The number of allylic oxidation sites excluding steroid dienone is 4. The summed E-state index contributed by atoms with van der Waals surface area (Å²) in [6.45, 7) is 0. The molecule has 4 aromatic carbocycles. The molecule has 1 atom stereocenters. The van der Waals surface area contributed by atoms with E-state index in [0.29, 0.717) is 0 Å². The van der Waals surface area contributed by atoms with Crippen LogP contribution in [0.25, 0.3) is 37.9 Å². The maximum absolute atomic E-state index is 6.21. The first-order valence-corrected chi connectivity index (χ1v) is 11.2. The van der Waals surface area contributed by atoms with E-state index >= 15 is 0 Å². The highest BCUT2D eigenvalue weighted by molar-refractivity contribution is 6.25. The zero-order valence-corrected chi connectivity index (χ0v) is 17.3. The summed E-state index contributed by atoms with van der Waals surface area (Å²) in [5.74, 6) is 1.09. The summed E-state index contributed by atoms with van der Waals surface area (Å²) < 4.78 is 6.21. The van der Waals surface area contributed by atoms with E-state index in [4.69, 9.17) is 4.74 Å². The minimum absolute atomic E-state index is 0.196. The molecule has 0 bridgehead atoms. The highest BCUT2D eigenvalue weighted by Gasteiger charge is 2.32.